The van der Waals surface area contributed by atoms with E-state index in [9.17, 15) is 9.18 Å². The molecule has 5 atom stereocenters. The van der Waals surface area contributed by atoms with Crippen molar-refractivity contribution < 1.29 is 9.13 Å². The summed E-state index contributed by atoms with van der Waals surface area (Å²) in [6.45, 7) is 12.3. The maximum absolute atomic E-state index is 14.8. The first kappa shape index (κ1) is 33.1. The van der Waals surface area contributed by atoms with Crippen molar-refractivity contribution >= 4 is 22.5 Å². The maximum Gasteiger partial charge on any atom is 0.261 e. The van der Waals surface area contributed by atoms with Gasteiger partial charge in [0.2, 0.25) is 0 Å². The van der Waals surface area contributed by atoms with Gasteiger partial charge < -0.3 is 20.3 Å². The molecule has 2 N–H and O–H groups in total. The lowest BCUT2D eigenvalue weighted by Gasteiger charge is -2.61. The minimum Gasteiger partial charge on any atom is -0.497 e. The van der Waals surface area contributed by atoms with Gasteiger partial charge in [0.25, 0.3) is 5.56 Å². The van der Waals surface area contributed by atoms with Crippen molar-refractivity contribution in [1.29, 1.82) is 0 Å². The van der Waals surface area contributed by atoms with Crippen LogP contribution in [-0.2, 0) is 13.0 Å². The lowest BCUT2D eigenvalue weighted by atomic mass is 9.45. The van der Waals surface area contributed by atoms with Crippen LogP contribution in [0.3, 0.4) is 0 Å². The molecular formula is C38H47FN8O2. The number of aromatic nitrogens is 4. The number of guanidine groups is 1. The molecule has 0 unspecified atom stereocenters. The zero-order valence-electron chi connectivity index (χ0n) is 29.1. The van der Waals surface area contributed by atoms with Gasteiger partial charge in [-0.05, 0) is 78.7 Å². The van der Waals surface area contributed by atoms with Gasteiger partial charge in [-0.15, -0.1) is 0 Å². The monoisotopic (exact) mass is 666 g/mol. The molecule has 258 valence electrons. The summed E-state index contributed by atoms with van der Waals surface area (Å²) in [7, 11) is 1.50. The molecule has 2 bridgehead atoms. The van der Waals surface area contributed by atoms with E-state index in [1.54, 1.807) is 35.3 Å². The fourth-order valence-electron chi connectivity index (χ4n) is 8.27. The summed E-state index contributed by atoms with van der Waals surface area (Å²) < 4.78 is 21.6. The van der Waals surface area contributed by atoms with E-state index in [1.807, 2.05) is 18.2 Å². The number of rotatable bonds is 8. The van der Waals surface area contributed by atoms with Crippen LogP contribution in [0.1, 0.15) is 52.5 Å². The lowest BCUT2D eigenvalue weighted by molar-refractivity contribution is -0.108. The topological polar surface area (TPSA) is 110 Å². The normalized spacial score (nSPS) is 24.8. The fourth-order valence-corrected chi connectivity index (χ4v) is 8.27. The Hall–Kier alpha value is -4.38. The molecule has 49 heavy (non-hydrogen) atoms. The standard InChI is InChI=1S/C38H47FN8O2/c1-6-26-22-46(16-14-41-26)37(45-32-18-25-17-30(23(32)2)38(25,3)4)43-27-8-10-29-33(19-27)44-35(34-21-40-12-13-42-34)47(36(29)48)15-11-24-7-9-28(49-5)20-31(24)39/h7-10,12-13,19-21,23,25-26,30,32,41H,6,11,14-18,22H2,1-5H3,(H,43,45)/t23-,25-,26-,30+,32-/m0/s1. The first-order chi connectivity index (χ1) is 23.7. The maximum atomic E-state index is 14.8. The summed E-state index contributed by atoms with van der Waals surface area (Å²) >= 11 is 0. The van der Waals surface area contributed by atoms with E-state index >= 15 is 0 Å². The van der Waals surface area contributed by atoms with Crippen molar-refractivity contribution in [2.24, 2.45) is 28.2 Å². The average molecular weight is 667 g/mol. The number of aliphatic imine (C=N–C) groups is 1. The van der Waals surface area contributed by atoms with E-state index in [2.05, 4.69) is 53.2 Å². The van der Waals surface area contributed by atoms with E-state index in [4.69, 9.17) is 14.7 Å². The van der Waals surface area contributed by atoms with Gasteiger partial charge in [-0.25, -0.2) is 19.4 Å². The minimum absolute atomic E-state index is 0.216. The van der Waals surface area contributed by atoms with Crippen molar-refractivity contribution in [3.63, 3.8) is 0 Å². The van der Waals surface area contributed by atoms with Crippen molar-refractivity contribution in [3.8, 4) is 17.3 Å². The highest BCUT2D eigenvalue weighted by Crippen LogP contribution is 2.61. The number of aryl methyl sites for hydroxylation is 1. The quantitative estimate of drug-likeness (QED) is 0.180. The Labute approximate surface area is 287 Å². The number of fused-ring (bicyclic) bond motifs is 3. The molecule has 1 aliphatic heterocycles. The zero-order chi connectivity index (χ0) is 34.3. The Balaban J connectivity index is 1.23. The third-order valence-electron chi connectivity index (χ3n) is 11.5. The Morgan fingerprint density at radius 2 is 2.04 bits per heavy atom. The van der Waals surface area contributed by atoms with E-state index in [-0.39, 0.29) is 30.4 Å². The Morgan fingerprint density at radius 1 is 1.18 bits per heavy atom. The smallest absolute Gasteiger partial charge is 0.261 e. The molecule has 1 saturated heterocycles. The molecule has 4 aliphatic rings. The Bertz CT molecular complexity index is 1910. The summed E-state index contributed by atoms with van der Waals surface area (Å²) in [5, 5.41) is 7.79. The third kappa shape index (κ3) is 6.40. The second-order valence-electron chi connectivity index (χ2n) is 14.5. The van der Waals surface area contributed by atoms with E-state index in [0.29, 0.717) is 62.9 Å². The third-order valence-corrected chi connectivity index (χ3v) is 11.5. The molecule has 3 saturated carbocycles. The van der Waals surface area contributed by atoms with E-state index < -0.39 is 0 Å². The number of nitrogens with one attached hydrogen (secondary N) is 2. The number of ether oxygens (including phenoxy) is 1. The Morgan fingerprint density at radius 3 is 2.76 bits per heavy atom. The molecule has 4 fully saturated rings. The summed E-state index contributed by atoms with van der Waals surface area (Å²) in [5.41, 5.74) is 2.49. The number of anilines is 1. The highest BCUT2D eigenvalue weighted by molar-refractivity contribution is 5.96. The molecule has 2 aromatic heterocycles. The van der Waals surface area contributed by atoms with Gasteiger partial charge >= 0.3 is 0 Å². The van der Waals surface area contributed by atoms with Crippen molar-refractivity contribution in [3.05, 3.63) is 76.7 Å². The largest absolute Gasteiger partial charge is 0.497 e. The summed E-state index contributed by atoms with van der Waals surface area (Å²) in [6, 6.07) is 11.1. The number of piperazine rings is 1. The predicted molar refractivity (Wildman–Crippen MR) is 191 cm³/mol. The molecule has 10 nitrogen and oxygen atoms in total. The average Bonchev–Trinajstić information content (AvgIpc) is 3.12. The van der Waals surface area contributed by atoms with Crippen LogP contribution in [0.2, 0.25) is 0 Å². The van der Waals surface area contributed by atoms with Crippen LogP contribution in [-0.4, -0.2) is 69.2 Å². The highest BCUT2D eigenvalue weighted by atomic mass is 19.1. The first-order valence-corrected chi connectivity index (χ1v) is 17.6. The van der Waals surface area contributed by atoms with Gasteiger partial charge in [-0.1, -0.05) is 33.8 Å². The molecule has 4 aromatic rings. The molecule has 8 rings (SSSR count). The van der Waals surface area contributed by atoms with Crippen LogP contribution < -0.4 is 20.9 Å². The molecular weight excluding hydrogens is 619 g/mol. The number of hydrogen-bond acceptors (Lipinski definition) is 7. The molecule has 3 heterocycles. The lowest BCUT2D eigenvalue weighted by Crippen LogP contribution is -2.57. The summed E-state index contributed by atoms with van der Waals surface area (Å²) in [4.78, 5) is 35.6. The molecule has 11 heteroatoms. The number of halogens is 1. The van der Waals surface area contributed by atoms with Crippen LogP contribution >= 0.6 is 0 Å². The van der Waals surface area contributed by atoms with Crippen molar-refractivity contribution in [2.45, 2.75) is 72.0 Å². The van der Waals surface area contributed by atoms with Crippen LogP contribution in [0.4, 0.5) is 10.1 Å². The zero-order valence-corrected chi connectivity index (χ0v) is 29.1. The summed E-state index contributed by atoms with van der Waals surface area (Å²) in [5.74, 6) is 3.26. The van der Waals surface area contributed by atoms with Gasteiger partial charge in [0.1, 0.15) is 17.3 Å². The molecule has 3 aliphatic carbocycles. The van der Waals surface area contributed by atoms with Crippen molar-refractivity contribution in [2.75, 3.05) is 32.1 Å². The van der Waals surface area contributed by atoms with Crippen LogP contribution in [0, 0.1) is 29.0 Å². The minimum atomic E-state index is -0.381. The van der Waals surface area contributed by atoms with Gasteiger partial charge in [0.05, 0.1) is 30.3 Å². The van der Waals surface area contributed by atoms with E-state index in [1.165, 1.54) is 19.6 Å². The molecule has 0 spiro atoms. The van der Waals surface area contributed by atoms with Crippen molar-refractivity contribution in [1.82, 2.24) is 29.7 Å². The van der Waals surface area contributed by atoms with Gasteiger partial charge in [-0.3, -0.25) is 14.3 Å². The second kappa shape index (κ2) is 13.5. The predicted octanol–water partition coefficient (Wildman–Crippen LogP) is 5.77. The van der Waals surface area contributed by atoms with E-state index in [0.717, 1.165) is 44.1 Å². The summed E-state index contributed by atoms with van der Waals surface area (Å²) in [6.07, 6.45) is 8.51. The highest BCUT2D eigenvalue weighted by Gasteiger charge is 2.56. The molecule has 2 aromatic carbocycles. The number of hydrogen-bond donors (Lipinski definition) is 2. The second-order valence-corrected chi connectivity index (χ2v) is 14.5. The van der Waals surface area contributed by atoms with Crippen LogP contribution in [0.15, 0.2) is 64.8 Å². The van der Waals surface area contributed by atoms with Gasteiger partial charge in [0, 0.05) is 56.4 Å². The molecule has 0 amide bonds. The van der Waals surface area contributed by atoms with Crippen LogP contribution in [0.25, 0.3) is 22.4 Å². The molecule has 0 radical (unpaired) electrons. The van der Waals surface area contributed by atoms with Crippen LogP contribution in [0.5, 0.6) is 5.75 Å². The Kier molecular flexibility index (Phi) is 9.13. The van der Waals surface area contributed by atoms with Gasteiger partial charge in [-0.2, -0.15) is 0 Å². The SMILES string of the molecule is CC[C@H]1CN(C(=N[C@H]2C[C@@H]3C[C@H]([C@@H]2C)C3(C)C)Nc2ccc3c(=O)n(CCc4ccc(OC)cc4F)c(-c4cnccn4)nc3c2)CCN1. The first-order valence-electron chi connectivity index (χ1n) is 17.6. The number of methoxy groups -OCH3 is 1. The van der Waals surface area contributed by atoms with Gasteiger partial charge in [0.15, 0.2) is 11.8 Å². The number of benzene rings is 2. The fraction of sp³-hybridized carbons (Fsp3) is 0.500. The number of nitrogens with zero attached hydrogens (tertiary/aromatic N) is 6.